The van der Waals surface area contributed by atoms with Crippen molar-refractivity contribution in [1.29, 1.82) is 0 Å². The fourth-order valence-corrected chi connectivity index (χ4v) is 2.30. The van der Waals surface area contributed by atoms with Crippen LogP contribution < -0.4 is 10.5 Å². The Morgan fingerprint density at radius 1 is 1.45 bits per heavy atom. The summed E-state index contributed by atoms with van der Waals surface area (Å²) in [6.07, 6.45) is 1.89. The van der Waals surface area contributed by atoms with Crippen molar-refractivity contribution >= 4 is 11.6 Å². The lowest BCUT2D eigenvalue weighted by atomic mass is 10.2. The summed E-state index contributed by atoms with van der Waals surface area (Å²) in [5.41, 5.74) is 5.61. The highest BCUT2D eigenvalue weighted by Gasteiger charge is 2.27. The third-order valence-corrected chi connectivity index (χ3v) is 3.38. The second-order valence-corrected chi connectivity index (χ2v) is 4.66. The van der Waals surface area contributed by atoms with Crippen molar-refractivity contribution < 1.29 is 14.5 Å². The summed E-state index contributed by atoms with van der Waals surface area (Å²) in [5, 5.41) is 10.5. The molecule has 2 N–H and O–H groups in total. The summed E-state index contributed by atoms with van der Waals surface area (Å²) in [4.78, 5) is 23.8. The normalized spacial score (nSPS) is 18.1. The van der Waals surface area contributed by atoms with Crippen molar-refractivity contribution in [3.8, 4) is 5.75 Å². The van der Waals surface area contributed by atoms with E-state index in [1.807, 2.05) is 0 Å². The Morgan fingerprint density at radius 2 is 2.15 bits per heavy atom. The van der Waals surface area contributed by atoms with Crippen molar-refractivity contribution in [2.45, 2.75) is 18.9 Å². The fraction of sp³-hybridized carbons (Fsp3) is 0.462. The maximum Gasteiger partial charge on any atom is 0.269 e. The van der Waals surface area contributed by atoms with Crippen molar-refractivity contribution in [3.63, 3.8) is 0 Å². The van der Waals surface area contributed by atoms with Crippen LogP contribution >= 0.6 is 0 Å². The molecule has 0 bridgehead atoms. The predicted octanol–water partition coefficient (Wildman–Crippen LogP) is 0.923. The van der Waals surface area contributed by atoms with Gasteiger partial charge in [0.25, 0.3) is 11.6 Å². The molecule has 1 aromatic carbocycles. The molecule has 1 fully saturated rings. The van der Waals surface area contributed by atoms with Gasteiger partial charge in [-0.15, -0.1) is 0 Å². The van der Waals surface area contributed by atoms with E-state index in [9.17, 15) is 14.9 Å². The van der Waals surface area contributed by atoms with E-state index in [0.29, 0.717) is 18.8 Å². The minimum atomic E-state index is -0.481. The van der Waals surface area contributed by atoms with Crippen molar-refractivity contribution in [2.75, 3.05) is 19.7 Å². The van der Waals surface area contributed by atoms with Gasteiger partial charge in [0, 0.05) is 31.3 Å². The topological polar surface area (TPSA) is 98.7 Å². The number of amides is 1. The van der Waals surface area contributed by atoms with Crippen LogP contribution in [-0.2, 0) is 4.79 Å². The van der Waals surface area contributed by atoms with Gasteiger partial charge in [0.2, 0.25) is 0 Å². The summed E-state index contributed by atoms with van der Waals surface area (Å²) < 4.78 is 5.35. The molecule has 1 atom stereocenters. The average molecular weight is 279 g/mol. The molecule has 0 aliphatic carbocycles. The second-order valence-electron chi connectivity index (χ2n) is 4.66. The Kier molecular flexibility index (Phi) is 4.52. The highest BCUT2D eigenvalue weighted by molar-refractivity contribution is 5.78. The molecule has 1 aliphatic heterocycles. The number of nitrogens with two attached hydrogens (primary N) is 1. The van der Waals surface area contributed by atoms with Crippen LogP contribution in [0.5, 0.6) is 5.75 Å². The number of nitro benzene ring substituents is 1. The third kappa shape index (κ3) is 3.24. The number of nitrogens with zero attached hydrogens (tertiary/aromatic N) is 2. The molecule has 1 saturated heterocycles. The lowest BCUT2D eigenvalue weighted by Gasteiger charge is -2.23. The lowest BCUT2D eigenvalue weighted by molar-refractivity contribution is -0.384. The highest BCUT2D eigenvalue weighted by atomic mass is 16.6. The van der Waals surface area contributed by atoms with E-state index >= 15 is 0 Å². The van der Waals surface area contributed by atoms with E-state index in [2.05, 4.69) is 0 Å². The summed E-state index contributed by atoms with van der Waals surface area (Å²) in [6.45, 7) is 1.10. The van der Waals surface area contributed by atoms with E-state index in [-0.39, 0.29) is 24.2 Å². The van der Waals surface area contributed by atoms with E-state index in [1.54, 1.807) is 4.90 Å². The zero-order valence-electron chi connectivity index (χ0n) is 11.0. The number of non-ortho nitro benzene ring substituents is 1. The molecular formula is C13H17N3O4. The molecule has 7 heteroatoms. The molecule has 1 aliphatic rings. The van der Waals surface area contributed by atoms with E-state index in [0.717, 1.165) is 12.8 Å². The fourth-order valence-electron chi connectivity index (χ4n) is 2.30. The summed E-state index contributed by atoms with van der Waals surface area (Å²) in [7, 11) is 0. The van der Waals surface area contributed by atoms with Gasteiger partial charge in [0.1, 0.15) is 5.75 Å². The van der Waals surface area contributed by atoms with Crippen LogP contribution in [0, 0.1) is 10.1 Å². The Hall–Kier alpha value is -2.15. The van der Waals surface area contributed by atoms with Gasteiger partial charge in [0.15, 0.2) is 6.61 Å². The molecule has 20 heavy (non-hydrogen) atoms. The number of benzene rings is 1. The van der Waals surface area contributed by atoms with Crippen molar-refractivity contribution in [3.05, 3.63) is 34.4 Å². The first-order chi connectivity index (χ1) is 9.61. The number of carbonyl (C=O) groups is 1. The van der Waals surface area contributed by atoms with Gasteiger partial charge in [-0.3, -0.25) is 14.9 Å². The van der Waals surface area contributed by atoms with Crippen molar-refractivity contribution in [1.82, 2.24) is 4.90 Å². The number of nitro groups is 1. The lowest BCUT2D eigenvalue weighted by Crippen LogP contribution is -2.42. The number of hydrogen-bond donors (Lipinski definition) is 1. The zero-order valence-corrected chi connectivity index (χ0v) is 11.0. The predicted molar refractivity (Wildman–Crippen MR) is 72.4 cm³/mol. The van der Waals surface area contributed by atoms with Crippen molar-refractivity contribution in [2.24, 2.45) is 5.73 Å². The largest absolute Gasteiger partial charge is 0.484 e. The maximum absolute atomic E-state index is 12.0. The van der Waals surface area contributed by atoms with E-state index < -0.39 is 4.92 Å². The summed E-state index contributed by atoms with van der Waals surface area (Å²) in [5.74, 6) is 0.337. The van der Waals surface area contributed by atoms with Gasteiger partial charge in [-0.1, -0.05) is 0 Å². The molecule has 2 rings (SSSR count). The Morgan fingerprint density at radius 3 is 2.75 bits per heavy atom. The molecular weight excluding hydrogens is 262 g/mol. The van der Waals surface area contributed by atoms with Gasteiger partial charge in [0.05, 0.1) is 4.92 Å². The Labute approximate surface area is 116 Å². The first kappa shape index (κ1) is 14.3. The zero-order chi connectivity index (χ0) is 14.5. The number of likely N-dealkylation sites (tertiary alicyclic amines) is 1. The summed E-state index contributed by atoms with van der Waals surface area (Å²) >= 11 is 0. The molecule has 108 valence electrons. The van der Waals surface area contributed by atoms with Crippen LogP contribution in [0.25, 0.3) is 0 Å². The Balaban J connectivity index is 1.88. The highest BCUT2D eigenvalue weighted by Crippen LogP contribution is 2.19. The molecule has 0 radical (unpaired) electrons. The standard InChI is InChI=1S/C13H17N3O4/c14-8-11-2-1-7-15(11)13(17)9-20-12-5-3-10(4-6-12)16(18)19/h3-6,11H,1-2,7-9,14H2. The molecule has 1 heterocycles. The Bertz CT molecular complexity index is 489. The first-order valence-electron chi connectivity index (χ1n) is 6.48. The van der Waals surface area contributed by atoms with E-state index in [4.69, 9.17) is 10.5 Å². The van der Waals surface area contributed by atoms with Crippen LogP contribution in [0.15, 0.2) is 24.3 Å². The number of ether oxygens (including phenoxy) is 1. The molecule has 0 spiro atoms. The van der Waals surface area contributed by atoms with Crippen LogP contribution in [0.4, 0.5) is 5.69 Å². The maximum atomic E-state index is 12.0. The summed E-state index contributed by atoms with van der Waals surface area (Å²) in [6, 6.07) is 5.76. The van der Waals surface area contributed by atoms with Crippen LogP contribution in [0.3, 0.4) is 0 Å². The minimum Gasteiger partial charge on any atom is -0.484 e. The third-order valence-electron chi connectivity index (χ3n) is 3.38. The van der Waals surface area contributed by atoms with Crippen LogP contribution in [0.2, 0.25) is 0 Å². The van der Waals surface area contributed by atoms with Gasteiger partial charge in [-0.2, -0.15) is 0 Å². The number of carbonyl (C=O) groups excluding carboxylic acids is 1. The van der Waals surface area contributed by atoms with Crippen LogP contribution in [-0.4, -0.2) is 41.5 Å². The van der Waals surface area contributed by atoms with Gasteiger partial charge < -0.3 is 15.4 Å². The molecule has 0 saturated carbocycles. The second kappa shape index (κ2) is 6.33. The van der Waals surface area contributed by atoms with Gasteiger partial charge in [-0.25, -0.2) is 0 Å². The first-order valence-corrected chi connectivity index (χ1v) is 6.48. The monoisotopic (exact) mass is 279 g/mol. The van der Waals surface area contributed by atoms with E-state index in [1.165, 1.54) is 24.3 Å². The molecule has 1 amide bonds. The molecule has 7 nitrogen and oxygen atoms in total. The smallest absolute Gasteiger partial charge is 0.269 e. The minimum absolute atomic E-state index is 0.00795. The number of rotatable bonds is 5. The SMILES string of the molecule is NCC1CCCN1C(=O)COc1ccc([N+](=O)[O-])cc1. The molecule has 0 aromatic heterocycles. The number of hydrogen-bond acceptors (Lipinski definition) is 5. The molecule has 1 aromatic rings. The van der Waals surface area contributed by atoms with Gasteiger partial charge >= 0.3 is 0 Å². The van der Waals surface area contributed by atoms with Crippen LogP contribution in [0.1, 0.15) is 12.8 Å². The van der Waals surface area contributed by atoms with Gasteiger partial charge in [-0.05, 0) is 25.0 Å². The molecule has 1 unspecified atom stereocenters. The quantitative estimate of drug-likeness (QED) is 0.638. The average Bonchev–Trinajstić information content (AvgIpc) is 2.93.